The smallest absolute Gasteiger partial charge is 0.212 e. The molecule has 0 aromatic carbocycles. The van der Waals surface area contributed by atoms with E-state index in [1.807, 2.05) is 0 Å². The Morgan fingerprint density at radius 2 is 2.08 bits per heavy atom. The van der Waals surface area contributed by atoms with E-state index in [1.54, 1.807) is 14.2 Å². The first kappa shape index (κ1) is 9.40. The number of rotatable bonds is 2. The Morgan fingerprint density at radius 3 is 2.69 bits per heavy atom. The summed E-state index contributed by atoms with van der Waals surface area (Å²) in [6.07, 6.45) is 3.13. The summed E-state index contributed by atoms with van der Waals surface area (Å²) in [5.74, 6) is -0.728. The molecule has 76 valence electrons. The Labute approximate surface area is 78.3 Å². The summed E-state index contributed by atoms with van der Waals surface area (Å²) < 4.78 is 16.4. The zero-order chi connectivity index (χ0) is 9.53. The van der Waals surface area contributed by atoms with Gasteiger partial charge in [0.05, 0.1) is 11.6 Å². The first-order valence-corrected chi connectivity index (χ1v) is 4.69. The number of hydrogen-bond donors (Lipinski definition) is 1. The van der Waals surface area contributed by atoms with Gasteiger partial charge in [-0.05, 0) is 19.3 Å². The summed E-state index contributed by atoms with van der Waals surface area (Å²) in [4.78, 5) is 0. The highest BCUT2D eigenvalue weighted by Crippen LogP contribution is 2.45. The molecule has 1 heterocycles. The van der Waals surface area contributed by atoms with E-state index >= 15 is 0 Å². The van der Waals surface area contributed by atoms with Crippen LogP contribution < -0.4 is 5.73 Å². The molecule has 2 fully saturated rings. The number of nitrogens with two attached hydrogens (primary N) is 1. The lowest BCUT2D eigenvalue weighted by Gasteiger charge is -2.38. The molecule has 2 atom stereocenters. The minimum Gasteiger partial charge on any atom is -0.370 e. The van der Waals surface area contributed by atoms with Gasteiger partial charge in [-0.1, -0.05) is 0 Å². The average molecular weight is 187 g/mol. The second-order valence-electron chi connectivity index (χ2n) is 3.89. The summed E-state index contributed by atoms with van der Waals surface area (Å²) in [7, 11) is 3.25. The summed E-state index contributed by atoms with van der Waals surface area (Å²) in [6, 6.07) is 0. The molecular formula is C9H17NO3. The maximum Gasteiger partial charge on any atom is 0.212 e. The number of hydrogen-bond acceptors (Lipinski definition) is 4. The van der Waals surface area contributed by atoms with Crippen LogP contribution in [0.1, 0.15) is 19.3 Å². The van der Waals surface area contributed by atoms with Gasteiger partial charge in [0.1, 0.15) is 6.61 Å². The van der Waals surface area contributed by atoms with Gasteiger partial charge in [0.25, 0.3) is 0 Å². The van der Waals surface area contributed by atoms with Crippen molar-refractivity contribution < 1.29 is 14.2 Å². The quantitative estimate of drug-likeness (QED) is 0.630. The molecule has 1 aliphatic heterocycles. The molecule has 1 aliphatic carbocycles. The van der Waals surface area contributed by atoms with Crippen LogP contribution >= 0.6 is 0 Å². The van der Waals surface area contributed by atoms with Crippen LogP contribution in [0.2, 0.25) is 0 Å². The zero-order valence-corrected chi connectivity index (χ0v) is 8.21. The second-order valence-corrected chi connectivity index (χ2v) is 3.89. The van der Waals surface area contributed by atoms with Crippen molar-refractivity contribution >= 4 is 0 Å². The van der Waals surface area contributed by atoms with E-state index in [-0.39, 0.29) is 6.10 Å². The lowest BCUT2D eigenvalue weighted by Crippen LogP contribution is -2.62. The first-order chi connectivity index (χ1) is 6.18. The molecule has 0 aromatic rings. The van der Waals surface area contributed by atoms with Gasteiger partial charge in [-0.3, -0.25) is 0 Å². The van der Waals surface area contributed by atoms with E-state index in [0.717, 1.165) is 19.3 Å². The van der Waals surface area contributed by atoms with Crippen molar-refractivity contribution in [2.75, 3.05) is 20.8 Å². The van der Waals surface area contributed by atoms with Gasteiger partial charge in [-0.25, -0.2) is 0 Å². The zero-order valence-electron chi connectivity index (χ0n) is 8.21. The van der Waals surface area contributed by atoms with Crippen LogP contribution in [0.25, 0.3) is 0 Å². The predicted molar refractivity (Wildman–Crippen MR) is 47.3 cm³/mol. The molecule has 0 aromatic heterocycles. The second kappa shape index (κ2) is 2.92. The fraction of sp³-hybridized carbons (Fsp3) is 1.00. The third kappa shape index (κ3) is 1.00. The highest BCUT2D eigenvalue weighted by Gasteiger charge is 2.62. The van der Waals surface area contributed by atoms with Gasteiger partial charge in [0.15, 0.2) is 0 Å². The van der Waals surface area contributed by atoms with Crippen LogP contribution in [-0.2, 0) is 14.2 Å². The van der Waals surface area contributed by atoms with Gasteiger partial charge < -0.3 is 19.9 Å². The maximum atomic E-state index is 6.29. The molecule has 2 N–H and O–H groups in total. The number of fused-ring (bicyclic) bond motifs is 1. The maximum absolute atomic E-state index is 6.29. The van der Waals surface area contributed by atoms with E-state index in [0.29, 0.717) is 6.61 Å². The van der Waals surface area contributed by atoms with E-state index < -0.39 is 11.3 Å². The Bertz CT molecular complexity index is 205. The first-order valence-electron chi connectivity index (χ1n) is 4.69. The molecule has 4 nitrogen and oxygen atoms in total. The van der Waals surface area contributed by atoms with Crippen LogP contribution in [0.5, 0.6) is 0 Å². The topological polar surface area (TPSA) is 53.7 Å². The van der Waals surface area contributed by atoms with Gasteiger partial charge in [0, 0.05) is 14.2 Å². The molecule has 0 unspecified atom stereocenters. The molecule has 0 radical (unpaired) electrons. The molecule has 2 aliphatic rings. The Kier molecular flexibility index (Phi) is 2.11. The van der Waals surface area contributed by atoms with E-state index in [2.05, 4.69) is 0 Å². The van der Waals surface area contributed by atoms with Crippen LogP contribution in [0, 0.1) is 0 Å². The third-order valence-electron chi connectivity index (χ3n) is 3.47. The fourth-order valence-electron chi connectivity index (χ4n) is 2.59. The SMILES string of the molecule is COC1(OC)CO[C@@H]2CCC[C@@]21N. The normalized spacial score (nSPS) is 42.2. The van der Waals surface area contributed by atoms with Crippen LogP contribution in [0.15, 0.2) is 0 Å². The van der Waals surface area contributed by atoms with Crippen molar-refractivity contribution in [3.8, 4) is 0 Å². The van der Waals surface area contributed by atoms with Crippen LogP contribution in [0.4, 0.5) is 0 Å². The summed E-state index contributed by atoms with van der Waals surface area (Å²) in [5.41, 5.74) is 5.84. The molecule has 0 spiro atoms. The van der Waals surface area contributed by atoms with E-state index in [9.17, 15) is 0 Å². The van der Waals surface area contributed by atoms with Gasteiger partial charge in [-0.15, -0.1) is 0 Å². The summed E-state index contributed by atoms with van der Waals surface area (Å²) in [6.45, 7) is 0.446. The monoisotopic (exact) mass is 187 g/mol. The Balaban J connectivity index is 2.30. The standard InChI is InChI=1S/C9H17NO3/c1-11-9(12-2)6-13-7-4-3-5-8(7,9)10/h7H,3-6,10H2,1-2H3/t7-,8-/m1/s1. The van der Waals surface area contributed by atoms with Gasteiger partial charge in [-0.2, -0.15) is 0 Å². The minimum atomic E-state index is -0.728. The van der Waals surface area contributed by atoms with Crippen molar-refractivity contribution in [1.29, 1.82) is 0 Å². The molecule has 0 amide bonds. The van der Waals surface area contributed by atoms with Gasteiger partial charge >= 0.3 is 0 Å². The number of ether oxygens (including phenoxy) is 3. The number of methoxy groups -OCH3 is 2. The molecule has 2 rings (SSSR count). The molecular weight excluding hydrogens is 170 g/mol. The summed E-state index contributed by atoms with van der Waals surface area (Å²) in [5, 5.41) is 0. The fourth-order valence-corrected chi connectivity index (χ4v) is 2.59. The van der Waals surface area contributed by atoms with E-state index in [4.69, 9.17) is 19.9 Å². The van der Waals surface area contributed by atoms with Crippen molar-refractivity contribution in [3.63, 3.8) is 0 Å². The highest BCUT2D eigenvalue weighted by atomic mass is 16.7. The molecule has 1 saturated heterocycles. The molecule has 0 bridgehead atoms. The molecule has 13 heavy (non-hydrogen) atoms. The average Bonchev–Trinajstić information content (AvgIpc) is 2.61. The minimum absolute atomic E-state index is 0.104. The predicted octanol–water partition coefficient (Wildman–Crippen LogP) is 0.256. The Morgan fingerprint density at radius 1 is 1.38 bits per heavy atom. The molecule has 1 saturated carbocycles. The Hall–Kier alpha value is -0.160. The van der Waals surface area contributed by atoms with E-state index in [1.165, 1.54) is 0 Å². The van der Waals surface area contributed by atoms with Crippen molar-refractivity contribution in [3.05, 3.63) is 0 Å². The van der Waals surface area contributed by atoms with Gasteiger partial charge in [0.2, 0.25) is 5.79 Å². The van der Waals surface area contributed by atoms with Crippen molar-refractivity contribution in [1.82, 2.24) is 0 Å². The van der Waals surface area contributed by atoms with Crippen molar-refractivity contribution in [2.45, 2.75) is 36.7 Å². The summed E-state index contributed by atoms with van der Waals surface area (Å²) >= 11 is 0. The third-order valence-corrected chi connectivity index (χ3v) is 3.47. The molecule has 4 heteroatoms. The largest absolute Gasteiger partial charge is 0.370 e. The highest BCUT2D eigenvalue weighted by molar-refractivity contribution is 5.12. The lowest BCUT2D eigenvalue weighted by molar-refractivity contribution is -0.231. The van der Waals surface area contributed by atoms with Crippen molar-refractivity contribution in [2.24, 2.45) is 5.73 Å². The van der Waals surface area contributed by atoms with Crippen LogP contribution in [-0.4, -0.2) is 38.3 Å². The lowest BCUT2D eigenvalue weighted by atomic mass is 9.89. The van der Waals surface area contributed by atoms with Crippen LogP contribution in [0.3, 0.4) is 0 Å².